The highest BCUT2D eigenvalue weighted by molar-refractivity contribution is 5.95. The van der Waals surface area contributed by atoms with Crippen LogP contribution in [0.25, 0.3) is 0 Å². The summed E-state index contributed by atoms with van der Waals surface area (Å²) in [5.41, 5.74) is 11.7. The van der Waals surface area contributed by atoms with Gasteiger partial charge in [-0.1, -0.05) is 6.07 Å². The van der Waals surface area contributed by atoms with Gasteiger partial charge >= 0.3 is 5.97 Å². The van der Waals surface area contributed by atoms with Crippen LogP contribution in [0.15, 0.2) is 42.5 Å². The Morgan fingerprint density at radius 3 is 2.43 bits per heavy atom. The lowest BCUT2D eigenvalue weighted by atomic mass is 10.1. The third-order valence-electron chi connectivity index (χ3n) is 2.78. The number of primary amides is 1. The van der Waals surface area contributed by atoms with Crippen LogP contribution in [0.5, 0.6) is 11.5 Å². The minimum absolute atomic E-state index is 0.209. The number of amides is 1. The molecule has 21 heavy (non-hydrogen) atoms. The Bertz CT molecular complexity index is 698. The fourth-order valence-electron chi connectivity index (χ4n) is 1.73. The Kier molecular flexibility index (Phi) is 4.08. The fraction of sp³-hybridized carbons (Fsp3) is 0.0667. The number of hydrogen-bond acceptors (Lipinski definition) is 5. The van der Waals surface area contributed by atoms with Gasteiger partial charge in [-0.2, -0.15) is 0 Å². The minimum atomic E-state index is -0.552. The molecule has 0 unspecified atom stereocenters. The molecule has 0 radical (unpaired) electrons. The molecule has 6 heteroatoms. The van der Waals surface area contributed by atoms with Crippen LogP contribution in [-0.4, -0.2) is 19.0 Å². The summed E-state index contributed by atoms with van der Waals surface area (Å²) in [6, 6.07) is 11.0. The number of benzene rings is 2. The largest absolute Gasteiger partial charge is 0.465 e. The van der Waals surface area contributed by atoms with Crippen molar-refractivity contribution in [1.29, 1.82) is 0 Å². The smallest absolute Gasteiger partial charge is 0.340 e. The van der Waals surface area contributed by atoms with Gasteiger partial charge in [0.2, 0.25) is 5.91 Å². The van der Waals surface area contributed by atoms with E-state index in [-0.39, 0.29) is 5.56 Å². The zero-order chi connectivity index (χ0) is 15.4. The summed E-state index contributed by atoms with van der Waals surface area (Å²) in [6.45, 7) is 0. The fourth-order valence-corrected chi connectivity index (χ4v) is 1.73. The van der Waals surface area contributed by atoms with E-state index in [1.165, 1.54) is 19.2 Å². The van der Waals surface area contributed by atoms with Gasteiger partial charge in [0.15, 0.2) is 0 Å². The van der Waals surface area contributed by atoms with Crippen molar-refractivity contribution in [2.75, 3.05) is 12.8 Å². The van der Waals surface area contributed by atoms with Crippen molar-refractivity contribution in [2.24, 2.45) is 5.73 Å². The van der Waals surface area contributed by atoms with E-state index >= 15 is 0 Å². The standard InChI is InChI=1S/C15H14N2O4/c1-20-15(19)12-8-11(5-6-13(12)16)21-10-4-2-3-9(7-10)14(17)18/h2-8H,16H2,1H3,(H2,17,18). The van der Waals surface area contributed by atoms with Crippen molar-refractivity contribution < 1.29 is 19.1 Å². The van der Waals surface area contributed by atoms with E-state index in [4.69, 9.17) is 16.2 Å². The third-order valence-corrected chi connectivity index (χ3v) is 2.78. The summed E-state index contributed by atoms with van der Waals surface area (Å²) < 4.78 is 10.2. The first-order chi connectivity index (χ1) is 10.0. The zero-order valence-corrected chi connectivity index (χ0v) is 11.3. The van der Waals surface area contributed by atoms with Gasteiger partial charge in [-0.3, -0.25) is 4.79 Å². The Balaban J connectivity index is 2.30. The number of esters is 1. The Labute approximate surface area is 121 Å². The molecule has 0 aliphatic heterocycles. The maximum absolute atomic E-state index is 11.6. The summed E-state index contributed by atoms with van der Waals surface area (Å²) in [7, 11) is 1.27. The predicted octanol–water partition coefficient (Wildman–Crippen LogP) is 1.95. The van der Waals surface area contributed by atoms with Crippen molar-refractivity contribution in [2.45, 2.75) is 0 Å². The van der Waals surface area contributed by atoms with Gasteiger partial charge in [0, 0.05) is 11.3 Å². The molecule has 0 fully saturated rings. The average molecular weight is 286 g/mol. The van der Waals surface area contributed by atoms with Crippen LogP contribution in [0, 0.1) is 0 Å². The lowest BCUT2D eigenvalue weighted by molar-refractivity contribution is 0.0601. The van der Waals surface area contributed by atoms with Crippen LogP contribution in [0.2, 0.25) is 0 Å². The molecule has 0 atom stereocenters. The number of methoxy groups -OCH3 is 1. The van der Waals surface area contributed by atoms with E-state index in [9.17, 15) is 9.59 Å². The zero-order valence-electron chi connectivity index (χ0n) is 11.3. The second-order valence-corrected chi connectivity index (χ2v) is 4.23. The highest BCUT2D eigenvalue weighted by Gasteiger charge is 2.12. The number of nitrogen functional groups attached to an aromatic ring is 1. The Hall–Kier alpha value is -3.02. The van der Waals surface area contributed by atoms with E-state index in [1.54, 1.807) is 30.3 Å². The number of rotatable bonds is 4. The summed E-state index contributed by atoms with van der Waals surface area (Å²) in [6.07, 6.45) is 0. The van der Waals surface area contributed by atoms with Gasteiger partial charge in [0.1, 0.15) is 11.5 Å². The second kappa shape index (κ2) is 5.96. The van der Waals surface area contributed by atoms with E-state index in [0.29, 0.717) is 22.7 Å². The molecular weight excluding hydrogens is 272 g/mol. The predicted molar refractivity (Wildman–Crippen MR) is 77.2 cm³/mol. The van der Waals surface area contributed by atoms with E-state index in [1.807, 2.05) is 0 Å². The van der Waals surface area contributed by atoms with Crippen molar-refractivity contribution >= 4 is 17.6 Å². The SMILES string of the molecule is COC(=O)c1cc(Oc2cccc(C(N)=O)c2)ccc1N. The van der Waals surface area contributed by atoms with E-state index < -0.39 is 11.9 Å². The van der Waals surface area contributed by atoms with Crippen molar-refractivity contribution in [3.8, 4) is 11.5 Å². The van der Waals surface area contributed by atoms with E-state index in [2.05, 4.69) is 4.74 Å². The number of ether oxygens (including phenoxy) is 2. The molecule has 1 amide bonds. The van der Waals surface area contributed by atoms with Gasteiger partial charge in [-0.25, -0.2) is 4.79 Å². The quantitative estimate of drug-likeness (QED) is 0.660. The van der Waals surface area contributed by atoms with Gasteiger partial charge in [-0.05, 0) is 36.4 Å². The monoisotopic (exact) mass is 286 g/mol. The summed E-state index contributed by atoms with van der Waals surface area (Å²) in [4.78, 5) is 22.7. The molecule has 2 rings (SSSR count). The molecule has 0 spiro atoms. The first-order valence-corrected chi connectivity index (χ1v) is 6.07. The van der Waals surface area contributed by atoms with Crippen molar-refractivity contribution in [1.82, 2.24) is 0 Å². The molecule has 6 nitrogen and oxygen atoms in total. The molecule has 0 saturated carbocycles. The maximum atomic E-state index is 11.6. The normalized spacial score (nSPS) is 9.95. The number of carbonyl (C=O) groups excluding carboxylic acids is 2. The van der Waals surface area contributed by atoms with E-state index in [0.717, 1.165) is 0 Å². The van der Waals surface area contributed by atoms with Crippen LogP contribution in [0.4, 0.5) is 5.69 Å². The minimum Gasteiger partial charge on any atom is -0.465 e. The number of carbonyl (C=O) groups is 2. The summed E-state index contributed by atoms with van der Waals surface area (Å²) >= 11 is 0. The van der Waals surface area contributed by atoms with Gasteiger partial charge in [0.05, 0.1) is 12.7 Å². The Morgan fingerprint density at radius 2 is 1.76 bits per heavy atom. The molecule has 0 heterocycles. The summed E-state index contributed by atoms with van der Waals surface area (Å²) in [5.74, 6) is -0.282. The first kappa shape index (κ1) is 14.4. The van der Waals surface area contributed by atoms with Gasteiger partial charge in [-0.15, -0.1) is 0 Å². The molecule has 0 aliphatic carbocycles. The lowest BCUT2D eigenvalue weighted by Gasteiger charge is -2.09. The topological polar surface area (TPSA) is 105 Å². The molecule has 0 bridgehead atoms. The number of hydrogen-bond donors (Lipinski definition) is 2. The molecule has 2 aromatic rings. The molecule has 0 saturated heterocycles. The summed E-state index contributed by atoms with van der Waals surface area (Å²) in [5, 5.41) is 0. The highest BCUT2D eigenvalue weighted by Crippen LogP contribution is 2.26. The van der Waals surface area contributed by atoms with Crippen molar-refractivity contribution in [3.05, 3.63) is 53.6 Å². The molecular formula is C15H14N2O4. The first-order valence-electron chi connectivity index (χ1n) is 6.07. The lowest BCUT2D eigenvalue weighted by Crippen LogP contribution is -2.10. The highest BCUT2D eigenvalue weighted by atomic mass is 16.5. The maximum Gasteiger partial charge on any atom is 0.340 e. The van der Waals surface area contributed by atoms with Crippen LogP contribution in [0.1, 0.15) is 20.7 Å². The van der Waals surface area contributed by atoms with Crippen LogP contribution < -0.4 is 16.2 Å². The van der Waals surface area contributed by atoms with Crippen LogP contribution in [-0.2, 0) is 4.74 Å². The second-order valence-electron chi connectivity index (χ2n) is 4.23. The Morgan fingerprint density at radius 1 is 1.05 bits per heavy atom. The molecule has 2 aromatic carbocycles. The molecule has 108 valence electrons. The average Bonchev–Trinajstić information content (AvgIpc) is 2.48. The van der Waals surface area contributed by atoms with Crippen molar-refractivity contribution in [3.63, 3.8) is 0 Å². The molecule has 0 aromatic heterocycles. The number of nitrogens with two attached hydrogens (primary N) is 2. The van der Waals surface area contributed by atoms with Crippen LogP contribution in [0.3, 0.4) is 0 Å². The van der Waals surface area contributed by atoms with Crippen LogP contribution >= 0.6 is 0 Å². The van der Waals surface area contributed by atoms with Gasteiger partial charge in [0.25, 0.3) is 0 Å². The third kappa shape index (κ3) is 3.30. The molecule has 4 N–H and O–H groups in total. The number of anilines is 1. The van der Waals surface area contributed by atoms with Gasteiger partial charge < -0.3 is 20.9 Å². The molecule has 0 aliphatic rings.